The van der Waals surface area contributed by atoms with Gasteiger partial charge < -0.3 is 5.32 Å². The lowest BCUT2D eigenvalue weighted by Gasteiger charge is -2.17. The maximum Gasteiger partial charge on any atom is 0.149 e. The fourth-order valence-electron chi connectivity index (χ4n) is 1.71. The maximum atomic E-state index is 11.4. The van der Waals surface area contributed by atoms with Crippen LogP contribution in [0.25, 0.3) is 0 Å². The van der Waals surface area contributed by atoms with Crippen LogP contribution in [-0.2, 0) is 16.4 Å². The number of aromatic nitrogens is 2. The van der Waals surface area contributed by atoms with Crippen LogP contribution in [0.3, 0.4) is 0 Å². The number of rotatable bonds is 6. The highest BCUT2D eigenvalue weighted by Gasteiger charge is 2.22. The lowest BCUT2D eigenvalue weighted by Crippen LogP contribution is -2.27. The summed E-state index contributed by atoms with van der Waals surface area (Å²) in [5.74, 6) is 0.0670. The van der Waals surface area contributed by atoms with Gasteiger partial charge in [-0.3, -0.25) is 4.68 Å². The average Bonchev–Trinajstić information content (AvgIpc) is 2.56. The van der Waals surface area contributed by atoms with Crippen molar-refractivity contribution in [1.29, 1.82) is 0 Å². The van der Waals surface area contributed by atoms with Crippen molar-refractivity contribution in [3.63, 3.8) is 0 Å². The lowest BCUT2D eigenvalue weighted by molar-refractivity contribution is 0.513. The fourth-order valence-corrected chi connectivity index (χ4v) is 3.21. The summed E-state index contributed by atoms with van der Waals surface area (Å²) >= 11 is 3.42. The first-order chi connectivity index (χ1) is 7.89. The highest BCUT2D eigenvalue weighted by Crippen LogP contribution is 2.24. The predicted octanol–water partition coefficient (Wildman–Crippen LogP) is 1.36. The average molecular weight is 324 g/mol. The van der Waals surface area contributed by atoms with Crippen molar-refractivity contribution in [2.75, 3.05) is 19.1 Å². The summed E-state index contributed by atoms with van der Waals surface area (Å²) in [4.78, 5) is 0. The molecule has 0 aliphatic carbocycles. The molecule has 0 aliphatic heterocycles. The third kappa shape index (κ3) is 4.08. The summed E-state index contributed by atoms with van der Waals surface area (Å²) < 4.78 is 25.5. The van der Waals surface area contributed by atoms with Gasteiger partial charge in [0, 0.05) is 12.8 Å². The SMILES string of the molecule is CCCn1ncc(Br)c1C(CS(C)(=O)=O)NC. The minimum Gasteiger partial charge on any atom is -0.311 e. The summed E-state index contributed by atoms with van der Waals surface area (Å²) in [6, 6.07) is -0.242. The second-order valence-corrected chi connectivity index (χ2v) is 7.07. The molecule has 0 saturated heterocycles. The van der Waals surface area contributed by atoms with E-state index in [2.05, 4.69) is 33.3 Å². The Hall–Kier alpha value is -0.400. The molecule has 1 aromatic rings. The van der Waals surface area contributed by atoms with Gasteiger partial charge in [-0.1, -0.05) is 6.92 Å². The van der Waals surface area contributed by atoms with Crippen molar-refractivity contribution < 1.29 is 8.42 Å². The molecule has 17 heavy (non-hydrogen) atoms. The molecule has 1 N–H and O–H groups in total. The molecular formula is C10H18BrN3O2S. The van der Waals surface area contributed by atoms with E-state index in [1.54, 1.807) is 13.2 Å². The Morgan fingerprint density at radius 3 is 2.71 bits per heavy atom. The van der Waals surface area contributed by atoms with Gasteiger partial charge in [-0.25, -0.2) is 8.42 Å². The molecule has 1 rings (SSSR count). The number of aryl methyl sites for hydroxylation is 1. The van der Waals surface area contributed by atoms with E-state index in [4.69, 9.17) is 0 Å². The third-order valence-corrected chi connectivity index (χ3v) is 3.97. The summed E-state index contributed by atoms with van der Waals surface area (Å²) in [5, 5.41) is 7.27. The normalized spacial score (nSPS) is 13.9. The zero-order valence-corrected chi connectivity index (χ0v) is 12.7. The number of halogens is 1. The smallest absolute Gasteiger partial charge is 0.149 e. The molecule has 0 amide bonds. The van der Waals surface area contributed by atoms with Gasteiger partial charge in [0.2, 0.25) is 0 Å². The first-order valence-electron chi connectivity index (χ1n) is 5.45. The first kappa shape index (κ1) is 14.7. The quantitative estimate of drug-likeness (QED) is 0.858. The number of sulfone groups is 1. The summed E-state index contributed by atoms with van der Waals surface area (Å²) in [6.07, 6.45) is 3.90. The van der Waals surface area contributed by atoms with Crippen molar-refractivity contribution in [3.8, 4) is 0 Å². The number of nitrogens with one attached hydrogen (secondary N) is 1. The van der Waals surface area contributed by atoms with Crippen LogP contribution < -0.4 is 5.32 Å². The van der Waals surface area contributed by atoms with Crippen molar-refractivity contribution >= 4 is 25.8 Å². The summed E-state index contributed by atoms with van der Waals surface area (Å²) in [5.41, 5.74) is 0.889. The monoisotopic (exact) mass is 323 g/mol. The minimum absolute atomic E-state index is 0.0670. The molecule has 0 saturated carbocycles. The second-order valence-electron chi connectivity index (χ2n) is 4.03. The Kier molecular flexibility index (Phi) is 5.15. The Bertz CT molecular complexity index is 470. The summed E-state index contributed by atoms with van der Waals surface area (Å²) in [7, 11) is -1.28. The Balaban J connectivity index is 3.06. The Labute approximate surface area is 111 Å². The van der Waals surface area contributed by atoms with E-state index in [0.29, 0.717) is 0 Å². The molecule has 0 bridgehead atoms. The van der Waals surface area contributed by atoms with Crippen molar-refractivity contribution in [3.05, 3.63) is 16.4 Å². The van der Waals surface area contributed by atoms with Gasteiger partial charge in [0.25, 0.3) is 0 Å². The predicted molar refractivity (Wildman–Crippen MR) is 71.7 cm³/mol. The van der Waals surface area contributed by atoms with Crippen LogP contribution in [0.15, 0.2) is 10.7 Å². The molecule has 5 nitrogen and oxygen atoms in total. The molecule has 0 aliphatic rings. The molecular weight excluding hydrogens is 306 g/mol. The first-order valence-corrected chi connectivity index (χ1v) is 8.30. The molecule has 1 aromatic heterocycles. The van der Waals surface area contributed by atoms with Crippen LogP contribution in [0.1, 0.15) is 25.1 Å². The molecule has 98 valence electrons. The topological polar surface area (TPSA) is 64.0 Å². The number of hydrogen-bond donors (Lipinski definition) is 1. The summed E-state index contributed by atoms with van der Waals surface area (Å²) in [6.45, 7) is 2.84. The van der Waals surface area contributed by atoms with Crippen LogP contribution in [0.4, 0.5) is 0 Å². The van der Waals surface area contributed by atoms with Crippen LogP contribution in [0.2, 0.25) is 0 Å². The van der Waals surface area contributed by atoms with Gasteiger partial charge in [0.1, 0.15) is 9.84 Å². The van der Waals surface area contributed by atoms with Crippen molar-refractivity contribution in [2.45, 2.75) is 25.9 Å². The van der Waals surface area contributed by atoms with Crippen molar-refractivity contribution in [1.82, 2.24) is 15.1 Å². The molecule has 0 fully saturated rings. The second kappa shape index (κ2) is 5.97. The van der Waals surface area contributed by atoms with E-state index >= 15 is 0 Å². The Morgan fingerprint density at radius 2 is 2.24 bits per heavy atom. The highest BCUT2D eigenvalue weighted by molar-refractivity contribution is 9.10. The number of nitrogens with zero attached hydrogens (tertiary/aromatic N) is 2. The largest absolute Gasteiger partial charge is 0.311 e. The Morgan fingerprint density at radius 1 is 1.59 bits per heavy atom. The van der Waals surface area contributed by atoms with Gasteiger partial charge in [-0.05, 0) is 29.4 Å². The van der Waals surface area contributed by atoms with Gasteiger partial charge in [0.05, 0.1) is 28.2 Å². The highest BCUT2D eigenvalue weighted by atomic mass is 79.9. The molecule has 7 heteroatoms. The van der Waals surface area contributed by atoms with Crippen LogP contribution >= 0.6 is 15.9 Å². The van der Waals surface area contributed by atoms with E-state index in [0.717, 1.165) is 23.1 Å². The van der Waals surface area contributed by atoms with Crippen LogP contribution in [-0.4, -0.2) is 37.3 Å². The van der Waals surface area contributed by atoms with Gasteiger partial charge in [-0.2, -0.15) is 5.10 Å². The van der Waals surface area contributed by atoms with Crippen molar-refractivity contribution in [2.24, 2.45) is 0 Å². The van der Waals surface area contributed by atoms with Gasteiger partial charge >= 0.3 is 0 Å². The van der Waals surface area contributed by atoms with Crippen LogP contribution in [0, 0.1) is 0 Å². The number of hydrogen-bond acceptors (Lipinski definition) is 4. The fraction of sp³-hybridized carbons (Fsp3) is 0.700. The van der Waals surface area contributed by atoms with Crippen LogP contribution in [0.5, 0.6) is 0 Å². The minimum atomic E-state index is -3.03. The molecule has 0 aromatic carbocycles. The molecule has 1 unspecified atom stereocenters. The van der Waals surface area contributed by atoms with E-state index in [1.807, 2.05) is 4.68 Å². The van der Waals surface area contributed by atoms with E-state index in [-0.39, 0.29) is 11.8 Å². The van der Waals surface area contributed by atoms with E-state index < -0.39 is 9.84 Å². The molecule has 0 spiro atoms. The van der Waals surface area contributed by atoms with E-state index in [9.17, 15) is 8.42 Å². The standard InChI is InChI=1S/C10H18BrN3O2S/c1-4-5-14-10(8(11)6-13-14)9(12-2)7-17(3,15)16/h6,9,12H,4-5,7H2,1-3H3. The van der Waals surface area contributed by atoms with Gasteiger partial charge in [-0.15, -0.1) is 0 Å². The zero-order valence-electron chi connectivity index (χ0n) is 10.3. The molecule has 1 atom stereocenters. The van der Waals surface area contributed by atoms with Gasteiger partial charge in [0.15, 0.2) is 0 Å². The molecule has 0 radical (unpaired) electrons. The lowest BCUT2D eigenvalue weighted by atomic mass is 10.2. The maximum absolute atomic E-state index is 11.4. The zero-order chi connectivity index (χ0) is 13.1. The third-order valence-electron chi connectivity index (χ3n) is 2.42. The van der Waals surface area contributed by atoms with E-state index in [1.165, 1.54) is 6.26 Å². The molecule has 1 heterocycles.